The van der Waals surface area contributed by atoms with Crippen molar-refractivity contribution in [2.45, 2.75) is 32.5 Å². The highest BCUT2D eigenvalue weighted by atomic mass is 15.2. The summed E-state index contributed by atoms with van der Waals surface area (Å²) < 4.78 is 2.18. The third kappa shape index (κ3) is 2.76. The van der Waals surface area contributed by atoms with Gasteiger partial charge in [-0.1, -0.05) is 18.2 Å². The number of benzene rings is 1. The molecule has 1 saturated heterocycles. The number of nitrogens with zero attached hydrogens (tertiary/aromatic N) is 3. The molecule has 0 amide bonds. The van der Waals surface area contributed by atoms with Gasteiger partial charge in [0.25, 0.3) is 0 Å². The predicted molar refractivity (Wildman–Crippen MR) is 80.9 cm³/mol. The van der Waals surface area contributed by atoms with Crippen molar-refractivity contribution in [3.05, 3.63) is 48.5 Å². The second-order valence-corrected chi connectivity index (χ2v) is 5.64. The summed E-state index contributed by atoms with van der Waals surface area (Å²) in [7, 11) is 0. The molecule has 1 aromatic heterocycles. The number of aromatic nitrogens is 2. The number of para-hydroxylation sites is 1. The minimum Gasteiger partial charge on any atom is -0.311 e. The van der Waals surface area contributed by atoms with Crippen molar-refractivity contribution in [1.29, 1.82) is 0 Å². The molecule has 4 heteroatoms. The van der Waals surface area contributed by atoms with Crippen molar-refractivity contribution in [1.82, 2.24) is 19.8 Å². The van der Waals surface area contributed by atoms with Crippen molar-refractivity contribution in [3.63, 3.8) is 0 Å². The number of hydrogen-bond donors (Lipinski definition) is 1. The molecule has 2 atom stereocenters. The van der Waals surface area contributed by atoms with E-state index in [1.54, 1.807) is 0 Å². The fourth-order valence-electron chi connectivity index (χ4n) is 2.77. The number of piperazine rings is 1. The average Bonchev–Trinajstić information content (AvgIpc) is 2.92. The van der Waals surface area contributed by atoms with E-state index >= 15 is 0 Å². The van der Waals surface area contributed by atoms with E-state index in [1.165, 1.54) is 5.69 Å². The molecule has 3 rings (SSSR count). The molecule has 1 aliphatic rings. The van der Waals surface area contributed by atoms with Gasteiger partial charge in [-0.25, -0.2) is 4.98 Å². The van der Waals surface area contributed by atoms with Gasteiger partial charge in [-0.3, -0.25) is 4.90 Å². The minimum atomic E-state index is 0.548. The van der Waals surface area contributed by atoms with Crippen LogP contribution in [0, 0.1) is 0 Å². The van der Waals surface area contributed by atoms with Gasteiger partial charge >= 0.3 is 0 Å². The zero-order chi connectivity index (χ0) is 13.9. The lowest BCUT2D eigenvalue weighted by molar-refractivity contribution is 0.135. The summed E-state index contributed by atoms with van der Waals surface area (Å²) in [6.07, 6.45) is 3.93. The number of nitrogens with one attached hydrogen (secondary N) is 1. The normalized spacial score (nSPS) is 23.9. The van der Waals surface area contributed by atoms with Crippen molar-refractivity contribution >= 4 is 0 Å². The first-order valence-corrected chi connectivity index (χ1v) is 7.29. The van der Waals surface area contributed by atoms with Crippen molar-refractivity contribution < 1.29 is 0 Å². The van der Waals surface area contributed by atoms with E-state index in [0.717, 1.165) is 25.5 Å². The smallest absolute Gasteiger partial charge is 0.127 e. The Bertz CT molecular complexity index is 549. The van der Waals surface area contributed by atoms with Crippen LogP contribution in [0.15, 0.2) is 42.7 Å². The molecule has 2 heterocycles. The molecule has 0 spiro atoms. The Morgan fingerprint density at radius 1 is 1.25 bits per heavy atom. The lowest BCUT2D eigenvalue weighted by Gasteiger charge is -2.37. The molecule has 0 aliphatic carbocycles. The van der Waals surface area contributed by atoms with Crippen molar-refractivity contribution in [2.75, 3.05) is 13.1 Å². The Morgan fingerprint density at radius 2 is 2.05 bits per heavy atom. The summed E-state index contributed by atoms with van der Waals surface area (Å²) in [5.41, 5.74) is 1.18. The summed E-state index contributed by atoms with van der Waals surface area (Å²) in [6, 6.07) is 11.5. The van der Waals surface area contributed by atoms with Gasteiger partial charge < -0.3 is 9.88 Å². The first-order valence-electron chi connectivity index (χ1n) is 7.29. The van der Waals surface area contributed by atoms with Gasteiger partial charge in [-0.15, -0.1) is 0 Å². The third-order valence-electron chi connectivity index (χ3n) is 3.99. The van der Waals surface area contributed by atoms with Crippen LogP contribution in [0.4, 0.5) is 0 Å². The highest BCUT2D eigenvalue weighted by Crippen LogP contribution is 2.15. The summed E-state index contributed by atoms with van der Waals surface area (Å²) in [5, 5.41) is 3.52. The van der Waals surface area contributed by atoms with Crippen LogP contribution in [0.2, 0.25) is 0 Å². The second kappa shape index (κ2) is 5.77. The van der Waals surface area contributed by atoms with Crippen molar-refractivity contribution in [3.8, 4) is 5.69 Å². The Balaban J connectivity index is 1.80. The van der Waals surface area contributed by atoms with Gasteiger partial charge in [-0.05, 0) is 26.0 Å². The highest BCUT2D eigenvalue weighted by molar-refractivity contribution is 5.32. The summed E-state index contributed by atoms with van der Waals surface area (Å²) in [5.74, 6) is 1.11. The molecule has 2 aromatic rings. The molecule has 2 unspecified atom stereocenters. The Hall–Kier alpha value is -1.65. The molecule has 1 aromatic carbocycles. The molecule has 4 nitrogen and oxygen atoms in total. The summed E-state index contributed by atoms with van der Waals surface area (Å²) in [6.45, 7) is 7.53. The zero-order valence-corrected chi connectivity index (χ0v) is 12.2. The van der Waals surface area contributed by atoms with Crippen LogP contribution in [-0.4, -0.2) is 39.6 Å². The lowest BCUT2D eigenvalue weighted by Crippen LogP contribution is -2.53. The summed E-state index contributed by atoms with van der Waals surface area (Å²) >= 11 is 0. The number of imidazole rings is 1. The van der Waals surface area contributed by atoms with Gasteiger partial charge in [0.15, 0.2) is 0 Å². The topological polar surface area (TPSA) is 33.1 Å². The Labute approximate surface area is 120 Å². The monoisotopic (exact) mass is 270 g/mol. The van der Waals surface area contributed by atoms with E-state index in [-0.39, 0.29) is 0 Å². The molecule has 0 saturated carbocycles. The SMILES string of the molecule is CC1CN(Cc2nccn2-c2ccccc2)C(C)CN1. The molecule has 1 aliphatic heterocycles. The fourth-order valence-corrected chi connectivity index (χ4v) is 2.77. The average molecular weight is 270 g/mol. The first kappa shape index (κ1) is 13.3. The van der Waals surface area contributed by atoms with Gasteiger partial charge in [0.2, 0.25) is 0 Å². The number of hydrogen-bond acceptors (Lipinski definition) is 3. The van der Waals surface area contributed by atoms with E-state index in [4.69, 9.17) is 0 Å². The van der Waals surface area contributed by atoms with Gasteiger partial charge in [-0.2, -0.15) is 0 Å². The molecule has 20 heavy (non-hydrogen) atoms. The molecule has 106 valence electrons. The van der Waals surface area contributed by atoms with Crippen LogP contribution >= 0.6 is 0 Å². The van der Waals surface area contributed by atoms with Crippen LogP contribution in [-0.2, 0) is 6.54 Å². The standard InChI is InChI=1S/C16H22N4/c1-13-11-19(14(2)10-18-13)12-16-17-8-9-20(16)15-6-4-3-5-7-15/h3-9,13-14,18H,10-12H2,1-2H3. The van der Waals surface area contributed by atoms with Crippen LogP contribution < -0.4 is 5.32 Å². The Kier molecular flexibility index (Phi) is 3.85. The molecular formula is C16H22N4. The fraction of sp³-hybridized carbons (Fsp3) is 0.438. The highest BCUT2D eigenvalue weighted by Gasteiger charge is 2.23. The van der Waals surface area contributed by atoms with Crippen LogP contribution in [0.25, 0.3) is 5.69 Å². The maximum atomic E-state index is 4.55. The lowest BCUT2D eigenvalue weighted by atomic mass is 10.1. The van der Waals surface area contributed by atoms with Gasteiger partial charge in [0.05, 0.1) is 6.54 Å². The molecular weight excluding hydrogens is 248 g/mol. The minimum absolute atomic E-state index is 0.548. The van der Waals surface area contributed by atoms with Crippen molar-refractivity contribution in [2.24, 2.45) is 0 Å². The summed E-state index contributed by atoms with van der Waals surface area (Å²) in [4.78, 5) is 7.05. The van der Waals surface area contributed by atoms with Gasteiger partial charge in [0.1, 0.15) is 5.82 Å². The van der Waals surface area contributed by atoms with Crippen LogP contribution in [0.3, 0.4) is 0 Å². The number of rotatable bonds is 3. The van der Waals surface area contributed by atoms with E-state index in [1.807, 2.05) is 18.5 Å². The van der Waals surface area contributed by atoms with E-state index < -0.39 is 0 Å². The largest absolute Gasteiger partial charge is 0.311 e. The van der Waals surface area contributed by atoms with E-state index in [9.17, 15) is 0 Å². The molecule has 0 bridgehead atoms. The second-order valence-electron chi connectivity index (χ2n) is 5.64. The molecule has 1 N–H and O–H groups in total. The zero-order valence-electron chi connectivity index (χ0n) is 12.2. The van der Waals surface area contributed by atoms with Crippen LogP contribution in [0.1, 0.15) is 19.7 Å². The maximum Gasteiger partial charge on any atom is 0.127 e. The van der Waals surface area contributed by atoms with Gasteiger partial charge in [0, 0.05) is 43.3 Å². The Morgan fingerprint density at radius 3 is 2.85 bits per heavy atom. The van der Waals surface area contributed by atoms with Crippen LogP contribution in [0.5, 0.6) is 0 Å². The maximum absolute atomic E-state index is 4.55. The quantitative estimate of drug-likeness (QED) is 0.926. The van der Waals surface area contributed by atoms with E-state index in [2.05, 4.69) is 57.9 Å². The molecule has 1 fully saturated rings. The first-order chi connectivity index (χ1) is 9.74. The third-order valence-corrected chi connectivity index (χ3v) is 3.99. The molecule has 0 radical (unpaired) electrons. The van der Waals surface area contributed by atoms with E-state index in [0.29, 0.717) is 12.1 Å². The predicted octanol–water partition coefficient (Wildman–Crippen LogP) is 2.05.